The first-order valence-electron chi connectivity index (χ1n) is 11.4. The average Bonchev–Trinajstić information content (AvgIpc) is 3.34. The van der Waals surface area contributed by atoms with Gasteiger partial charge in [0, 0.05) is 13.1 Å². The number of nitrogens with one attached hydrogen (secondary N) is 1. The number of fused-ring (bicyclic) bond motifs is 2. The molecule has 0 radical (unpaired) electrons. The molecule has 0 aliphatic carbocycles. The van der Waals surface area contributed by atoms with Crippen LogP contribution in [-0.2, 0) is 25.8 Å². The number of ether oxygens (including phenoxy) is 1. The number of hydrogen-bond donors (Lipinski definition) is 1. The maximum atomic E-state index is 12.9. The van der Waals surface area contributed by atoms with Gasteiger partial charge >= 0.3 is 12.1 Å². The molecule has 180 valence electrons. The summed E-state index contributed by atoms with van der Waals surface area (Å²) in [6.45, 7) is 7.03. The fourth-order valence-corrected chi connectivity index (χ4v) is 4.31. The molecule has 3 heterocycles. The fourth-order valence-electron chi connectivity index (χ4n) is 4.31. The van der Waals surface area contributed by atoms with E-state index in [2.05, 4.69) is 5.48 Å². The standard InChI is InChI=1S/C23H32N4O6/c1-23(2,3)32-22(30)25-12-11-18(14-25)33-24-20(28)19-10-9-17-13-26(19)21(29)27(17)31-15-16-7-5-4-6-8-16/h4-8,17-19H,9-15H2,1-3H3,(H,24,28)/t17-,18+,19?/m1/s1. The summed E-state index contributed by atoms with van der Waals surface area (Å²) in [5.74, 6) is -0.359. The van der Waals surface area contributed by atoms with Gasteiger partial charge < -0.3 is 14.5 Å². The number of carbonyl (C=O) groups is 3. The van der Waals surface area contributed by atoms with Crippen molar-refractivity contribution in [3.8, 4) is 0 Å². The number of nitrogens with zero attached hydrogens (tertiary/aromatic N) is 3. The Morgan fingerprint density at radius 2 is 1.85 bits per heavy atom. The lowest BCUT2D eigenvalue weighted by molar-refractivity contribution is -0.143. The van der Waals surface area contributed by atoms with Crippen LogP contribution >= 0.6 is 0 Å². The van der Waals surface area contributed by atoms with Crippen molar-refractivity contribution in [1.82, 2.24) is 20.3 Å². The number of rotatable bonds is 6. The number of benzene rings is 1. The SMILES string of the molecule is CC(C)(C)OC(=O)N1CC[C@H](ONC(=O)C2CC[C@@H]3CN2C(=O)N3OCc2ccccc2)C1. The van der Waals surface area contributed by atoms with Gasteiger partial charge in [-0.2, -0.15) is 5.06 Å². The monoisotopic (exact) mass is 460 g/mol. The summed E-state index contributed by atoms with van der Waals surface area (Å²) in [5.41, 5.74) is 2.92. The molecule has 33 heavy (non-hydrogen) atoms. The normalized spacial score (nSPS) is 24.9. The molecule has 4 amide bonds. The van der Waals surface area contributed by atoms with Crippen LogP contribution in [0.5, 0.6) is 0 Å². The number of amides is 4. The Labute approximate surface area is 193 Å². The van der Waals surface area contributed by atoms with E-state index >= 15 is 0 Å². The molecule has 3 atom stereocenters. The van der Waals surface area contributed by atoms with Crippen molar-refractivity contribution in [1.29, 1.82) is 0 Å². The summed E-state index contributed by atoms with van der Waals surface area (Å²) in [4.78, 5) is 52.3. The van der Waals surface area contributed by atoms with Crippen molar-refractivity contribution in [2.45, 2.75) is 70.4 Å². The third-order valence-corrected chi connectivity index (χ3v) is 5.96. The highest BCUT2D eigenvalue weighted by Crippen LogP contribution is 2.30. The number of urea groups is 1. The van der Waals surface area contributed by atoms with Gasteiger partial charge in [-0.25, -0.2) is 15.1 Å². The van der Waals surface area contributed by atoms with Gasteiger partial charge in [-0.15, -0.1) is 0 Å². The summed E-state index contributed by atoms with van der Waals surface area (Å²) in [7, 11) is 0. The Hall–Kier alpha value is -2.85. The molecule has 1 N–H and O–H groups in total. The molecule has 2 bridgehead atoms. The number of likely N-dealkylation sites (tertiary alicyclic amines) is 1. The van der Waals surface area contributed by atoms with E-state index in [9.17, 15) is 14.4 Å². The Bertz CT molecular complexity index is 873. The van der Waals surface area contributed by atoms with Crippen molar-refractivity contribution in [3.63, 3.8) is 0 Å². The van der Waals surface area contributed by atoms with Gasteiger partial charge in [0.2, 0.25) is 0 Å². The zero-order valence-electron chi connectivity index (χ0n) is 19.4. The Morgan fingerprint density at radius 1 is 1.09 bits per heavy atom. The van der Waals surface area contributed by atoms with Crippen LogP contribution in [0.1, 0.15) is 45.6 Å². The van der Waals surface area contributed by atoms with E-state index in [1.54, 1.807) is 9.80 Å². The van der Waals surface area contributed by atoms with E-state index in [0.29, 0.717) is 45.5 Å². The zero-order valence-corrected chi connectivity index (χ0v) is 19.4. The summed E-state index contributed by atoms with van der Waals surface area (Å²) >= 11 is 0. The van der Waals surface area contributed by atoms with Crippen molar-refractivity contribution in [2.24, 2.45) is 0 Å². The second kappa shape index (κ2) is 9.56. The quantitative estimate of drug-likeness (QED) is 0.655. The third-order valence-electron chi connectivity index (χ3n) is 5.96. The molecule has 1 aromatic carbocycles. The predicted molar refractivity (Wildman–Crippen MR) is 117 cm³/mol. The van der Waals surface area contributed by atoms with Crippen LogP contribution < -0.4 is 5.48 Å². The van der Waals surface area contributed by atoms with Gasteiger partial charge in [0.1, 0.15) is 24.4 Å². The lowest BCUT2D eigenvalue weighted by Crippen LogP contribution is -2.50. The molecule has 3 saturated heterocycles. The molecule has 0 spiro atoms. The van der Waals surface area contributed by atoms with Crippen LogP contribution in [0.2, 0.25) is 0 Å². The first-order chi connectivity index (χ1) is 15.7. The summed E-state index contributed by atoms with van der Waals surface area (Å²) in [5, 5.41) is 1.40. The Balaban J connectivity index is 1.24. The van der Waals surface area contributed by atoms with Gasteiger partial charge in [0.15, 0.2) is 0 Å². The summed E-state index contributed by atoms with van der Waals surface area (Å²) < 4.78 is 5.38. The highest BCUT2D eigenvalue weighted by Gasteiger charge is 2.48. The van der Waals surface area contributed by atoms with Crippen LogP contribution in [0.25, 0.3) is 0 Å². The maximum absolute atomic E-state index is 12.9. The van der Waals surface area contributed by atoms with Gasteiger partial charge in [0.25, 0.3) is 5.91 Å². The molecular weight excluding hydrogens is 428 g/mol. The summed E-state index contributed by atoms with van der Waals surface area (Å²) in [6, 6.07) is 8.67. The Kier molecular flexibility index (Phi) is 6.76. The minimum absolute atomic E-state index is 0.0663. The van der Waals surface area contributed by atoms with E-state index < -0.39 is 17.7 Å². The lowest BCUT2D eigenvalue weighted by atomic mass is 10.0. The largest absolute Gasteiger partial charge is 0.444 e. The molecule has 1 aromatic rings. The number of carbonyl (C=O) groups excluding carboxylic acids is 3. The maximum Gasteiger partial charge on any atom is 0.410 e. The molecule has 3 aliphatic heterocycles. The molecular formula is C23H32N4O6. The average molecular weight is 461 g/mol. The predicted octanol–water partition coefficient (Wildman–Crippen LogP) is 2.44. The molecule has 1 unspecified atom stereocenters. The van der Waals surface area contributed by atoms with Crippen LogP contribution in [0.15, 0.2) is 30.3 Å². The van der Waals surface area contributed by atoms with Gasteiger partial charge in [-0.1, -0.05) is 30.3 Å². The molecule has 0 saturated carbocycles. The number of piperidine rings is 1. The van der Waals surface area contributed by atoms with E-state index in [-0.39, 0.29) is 24.1 Å². The van der Waals surface area contributed by atoms with E-state index in [1.807, 2.05) is 51.1 Å². The highest BCUT2D eigenvalue weighted by atomic mass is 16.7. The Morgan fingerprint density at radius 3 is 2.58 bits per heavy atom. The van der Waals surface area contributed by atoms with Crippen LogP contribution in [0.3, 0.4) is 0 Å². The smallest absolute Gasteiger partial charge is 0.410 e. The van der Waals surface area contributed by atoms with E-state index in [0.717, 1.165) is 5.56 Å². The van der Waals surface area contributed by atoms with Crippen molar-refractivity contribution < 1.29 is 28.8 Å². The fraction of sp³-hybridized carbons (Fsp3) is 0.609. The topological polar surface area (TPSA) is 101 Å². The second-order valence-corrected chi connectivity index (χ2v) is 9.69. The van der Waals surface area contributed by atoms with Crippen molar-refractivity contribution in [3.05, 3.63) is 35.9 Å². The van der Waals surface area contributed by atoms with Crippen molar-refractivity contribution in [2.75, 3.05) is 19.6 Å². The molecule has 3 aliphatic rings. The zero-order chi connectivity index (χ0) is 23.6. The van der Waals surface area contributed by atoms with Crippen LogP contribution in [0, 0.1) is 0 Å². The van der Waals surface area contributed by atoms with Gasteiger partial charge in [-0.05, 0) is 45.6 Å². The lowest BCUT2D eigenvalue weighted by Gasteiger charge is -2.29. The first kappa shape index (κ1) is 23.3. The number of hydrogen-bond acceptors (Lipinski definition) is 6. The highest BCUT2D eigenvalue weighted by molar-refractivity contribution is 5.88. The molecule has 0 aromatic heterocycles. The summed E-state index contributed by atoms with van der Waals surface area (Å²) in [6.07, 6.45) is 1.08. The minimum Gasteiger partial charge on any atom is -0.444 e. The van der Waals surface area contributed by atoms with Gasteiger partial charge in [-0.3, -0.25) is 14.5 Å². The first-order valence-corrected chi connectivity index (χ1v) is 11.4. The second-order valence-electron chi connectivity index (χ2n) is 9.69. The van der Waals surface area contributed by atoms with Crippen molar-refractivity contribution >= 4 is 18.0 Å². The van der Waals surface area contributed by atoms with Crippen LogP contribution in [-0.4, -0.2) is 76.3 Å². The van der Waals surface area contributed by atoms with Crippen LogP contribution in [0.4, 0.5) is 9.59 Å². The molecule has 10 nitrogen and oxygen atoms in total. The van der Waals surface area contributed by atoms with Gasteiger partial charge in [0.05, 0.1) is 12.6 Å². The molecule has 3 fully saturated rings. The number of hydroxylamine groups is 3. The van der Waals surface area contributed by atoms with E-state index in [1.165, 1.54) is 5.06 Å². The molecule has 4 rings (SSSR count). The third kappa shape index (κ3) is 5.56. The van der Waals surface area contributed by atoms with E-state index in [4.69, 9.17) is 14.4 Å². The molecule has 10 heteroatoms. The minimum atomic E-state index is -0.609.